The zero-order chi connectivity index (χ0) is 12.8. The molecule has 98 valence electrons. The van der Waals surface area contributed by atoms with Gasteiger partial charge in [-0.15, -0.1) is 0 Å². The summed E-state index contributed by atoms with van der Waals surface area (Å²) >= 11 is 0. The third kappa shape index (κ3) is 3.72. The van der Waals surface area contributed by atoms with E-state index in [0.717, 1.165) is 12.8 Å². The van der Waals surface area contributed by atoms with Crippen LogP contribution in [0.4, 0.5) is 0 Å². The summed E-state index contributed by atoms with van der Waals surface area (Å²) in [5.41, 5.74) is 0.259. The highest BCUT2D eigenvalue weighted by Gasteiger charge is 2.14. The van der Waals surface area contributed by atoms with Gasteiger partial charge in [-0.1, -0.05) is 0 Å². The average molecular weight is 252 g/mol. The Hall–Kier alpha value is -1.59. The van der Waals surface area contributed by atoms with E-state index in [1.54, 1.807) is 12.1 Å². The number of carboxylic acids is 1. The van der Waals surface area contributed by atoms with Crippen LogP contribution in [-0.4, -0.2) is 37.2 Å². The number of carbonyl (C=O) groups is 1. The SMILES string of the molecule is O=C(O)c1ccc(OCCCC2OCCO2)cc1. The molecule has 1 N–H and O–H groups in total. The lowest BCUT2D eigenvalue weighted by Gasteiger charge is -2.09. The summed E-state index contributed by atoms with van der Waals surface area (Å²) in [5.74, 6) is -0.259. The molecule has 0 saturated carbocycles. The molecule has 18 heavy (non-hydrogen) atoms. The molecule has 1 heterocycles. The third-order valence-corrected chi connectivity index (χ3v) is 2.64. The summed E-state index contributed by atoms with van der Waals surface area (Å²) in [6.45, 7) is 1.90. The van der Waals surface area contributed by atoms with Crippen LogP contribution < -0.4 is 4.74 Å². The largest absolute Gasteiger partial charge is 0.494 e. The van der Waals surface area contributed by atoms with E-state index in [-0.39, 0.29) is 11.9 Å². The summed E-state index contributed by atoms with van der Waals surface area (Å²) in [6, 6.07) is 6.37. The van der Waals surface area contributed by atoms with Gasteiger partial charge in [0.2, 0.25) is 0 Å². The van der Waals surface area contributed by atoms with E-state index in [4.69, 9.17) is 19.3 Å². The van der Waals surface area contributed by atoms with E-state index >= 15 is 0 Å². The third-order valence-electron chi connectivity index (χ3n) is 2.64. The fraction of sp³-hybridized carbons (Fsp3) is 0.462. The molecule has 0 amide bonds. The average Bonchev–Trinajstić information content (AvgIpc) is 2.88. The predicted octanol–water partition coefficient (Wildman–Crippen LogP) is 1.92. The van der Waals surface area contributed by atoms with Crippen LogP contribution in [0.2, 0.25) is 0 Å². The lowest BCUT2D eigenvalue weighted by molar-refractivity contribution is -0.0493. The van der Waals surface area contributed by atoms with Crippen molar-refractivity contribution < 1.29 is 24.1 Å². The van der Waals surface area contributed by atoms with Gasteiger partial charge in [0, 0.05) is 6.42 Å². The molecule has 1 saturated heterocycles. The first-order chi connectivity index (χ1) is 8.75. The molecule has 1 aliphatic heterocycles. The van der Waals surface area contributed by atoms with Gasteiger partial charge >= 0.3 is 5.97 Å². The van der Waals surface area contributed by atoms with E-state index < -0.39 is 5.97 Å². The number of rotatable bonds is 6. The minimum atomic E-state index is -0.933. The topological polar surface area (TPSA) is 65.0 Å². The van der Waals surface area contributed by atoms with Crippen molar-refractivity contribution in [2.45, 2.75) is 19.1 Å². The molecule has 0 bridgehead atoms. The summed E-state index contributed by atoms with van der Waals surface area (Å²) < 4.78 is 16.1. The smallest absolute Gasteiger partial charge is 0.335 e. The van der Waals surface area contributed by atoms with Gasteiger partial charge in [-0.25, -0.2) is 4.79 Å². The molecule has 0 aromatic heterocycles. The van der Waals surface area contributed by atoms with Gasteiger partial charge in [0.1, 0.15) is 5.75 Å². The Morgan fingerprint density at radius 2 is 1.94 bits per heavy atom. The summed E-state index contributed by atoms with van der Waals surface area (Å²) in [6.07, 6.45) is 1.56. The summed E-state index contributed by atoms with van der Waals surface area (Å²) in [5, 5.41) is 8.74. The van der Waals surface area contributed by atoms with E-state index in [2.05, 4.69) is 0 Å². The highest BCUT2D eigenvalue weighted by atomic mass is 16.7. The van der Waals surface area contributed by atoms with Crippen LogP contribution >= 0.6 is 0 Å². The number of hydrogen-bond acceptors (Lipinski definition) is 4. The molecule has 0 aliphatic carbocycles. The Morgan fingerprint density at radius 3 is 2.56 bits per heavy atom. The summed E-state index contributed by atoms with van der Waals surface area (Å²) in [4.78, 5) is 10.7. The second kappa shape index (κ2) is 6.37. The van der Waals surface area contributed by atoms with Gasteiger partial charge in [0.05, 0.1) is 25.4 Å². The Bertz CT molecular complexity index is 381. The minimum absolute atomic E-state index is 0.0945. The Labute approximate surface area is 105 Å². The van der Waals surface area contributed by atoms with Crippen LogP contribution in [-0.2, 0) is 9.47 Å². The van der Waals surface area contributed by atoms with Crippen molar-refractivity contribution in [3.05, 3.63) is 29.8 Å². The highest BCUT2D eigenvalue weighted by molar-refractivity contribution is 5.87. The van der Waals surface area contributed by atoms with Crippen molar-refractivity contribution in [3.8, 4) is 5.75 Å². The number of carboxylic acid groups (broad SMARTS) is 1. The second-order valence-corrected chi connectivity index (χ2v) is 3.99. The summed E-state index contributed by atoms with van der Waals surface area (Å²) in [7, 11) is 0. The molecule has 1 fully saturated rings. The van der Waals surface area contributed by atoms with Crippen molar-refractivity contribution in [1.82, 2.24) is 0 Å². The number of benzene rings is 1. The molecule has 5 nitrogen and oxygen atoms in total. The van der Waals surface area contributed by atoms with Gasteiger partial charge in [0.25, 0.3) is 0 Å². The molecule has 0 unspecified atom stereocenters. The number of aromatic carboxylic acids is 1. The molecular formula is C13H16O5. The fourth-order valence-corrected chi connectivity index (χ4v) is 1.71. The van der Waals surface area contributed by atoms with Crippen LogP contribution in [0.5, 0.6) is 5.75 Å². The minimum Gasteiger partial charge on any atom is -0.494 e. The highest BCUT2D eigenvalue weighted by Crippen LogP contribution is 2.14. The second-order valence-electron chi connectivity index (χ2n) is 3.99. The van der Waals surface area contributed by atoms with Crippen molar-refractivity contribution in [2.24, 2.45) is 0 Å². The Balaban J connectivity index is 1.68. The van der Waals surface area contributed by atoms with Crippen LogP contribution in [0.1, 0.15) is 23.2 Å². The van der Waals surface area contributed by atoms with E-state index in [9.17, 15) is 4.79 Å². The first-order valence-electron chi connectivity index (χ1n) is 5.95. The van der Waals surface area contributed by atoms with Crippen molar-refractivity contribution in [2.75, 3.05) is 19.8 Å². The number of ether oxygens (including phenoxy) is 3. The van der Waals surface area contributed by atoms with Crippen molar-refractivity contribution in [3.63, 3.8) is 0 Å². The maximum Gasteiger partial charge on any atom is 0.335 e. The molecule has 1 aliphatic rings. The van der Waals surface area contributed by atoms with Crippen molar-refractivity contribution >= 4 is 5.97 Å². The predicted molar refractivity (Wildman–Crippen MR) is 63.8 cm³/mol. The van der Waals surface area contributed by atoms with Crippen LogP contribution in [0.3, 0.4) is 0 Å². The lowest BCUT2D eigenvalue weighted by atomic mass is 10.2. The zero-order valence-electron chi connectivity index (χ0n) is 10.0. The Kier molecular flexibility index (Phi) is 4.55. The first-order valence-corrected chi connectivity index (χ1v) is 5.95. The quantitative estimate of drug-likeness (QED) is 0.783. The van der Waals surface area contributed by atoms with Crippen molar-refractivity contribution in [1.29, 1.82) is 0 Å². The van der Waals surface area contributed by atoms with Gasteiger partial charge < -0.3 is 19.3 Å². The van der Waals surface area contributed by atoms with Crippen LogP contribution in [0.15, 0.2) is 24.3 Å². The fourth-order valence-electron chi connectivity index (χ4n) is 1.71. The van der Waals surface area contributed by atoms with E-state index in [1.165, 1.54) is 12.1 Å². The molecule has 0 atom stereocenters. The van der Waals surface area contributed by atoms with E-state index in [0.29, 0.717) is 25.6 Å². The number of hydrogen-bond donors (Lipinski definition) is 1. The monoisotopic (exact) mass is 252 g/mol. The van der Waals surface area contributed by atoms with Gasteiger partial charge in [0.15, 0.2) is 6.29 Å². The van der Waals surface area contributed by atoms with E-state index in [1.807, 2.05) is 0 Å². The van der Waals surface area contributed by atoms with Gasteiger partial charge in [-0.05, 0) is 30.7 Å². The molecule has 1 aromatic carbocycles. The normalized spacial score (nSPS) is 15.8. The van der Waals surface area contributed by atoms with Gasteiger partial charge in [-0.2, -0.15) is 0 Å². The zero-order valence-corrected chi connectivity index (χ0v) is 10.0. The molecule has 1 aromatic rings. The lowest BCUT2D eigenvalue weighted by Crippen LogP contribution is -2.09. The van der Waals surface area contributed by atoms with Crippen LogP contribution in [0, 0.1) is 0 Å². The first kappa shape index (κ1) is 12.9. The van der Waals surface area contributed by atoms with Crippen LogP contribution in [0.25, 0.3) is 0 Å². The molecule has 2 rings (SSSR count). The molecular weight excluding hydrogens is 236 g/mol. The molecule has 5 heteroatoms. The van der Waals surface area contributed by atoms with Gasteiger partial charge in [-0.3, -0.25) is 0 Å². The molecule has 0 radical (unpaired) electrons. The maximum atomic E-state index is 10.7. The standard InChI is InChI=1S/C13H16O5/c14-13(15)10-3-5-11(6-4-10)16-7-1-2-12-17-8-9-18-12/h3-6,12H,1-2,7-9H2,(H,14,15). The maximum absolute atomic E-state index is 10.7. The molecule has 0 spiro atoms. The Morgan fingerprint density at radius 1 is 1.28 bits per heavy atom.